The van der Waals surface area contributed by atoms with Crippen LogP contribution in [-0.4, -0.2) is 36.1 Å². The molecule has 3 N–H and O–H groups in total. The number of hydrogen-bond acceptors (Lipinski definition) is 7. The van der Waals surface area contributed by atoms with Gasteiger partial charge in [0, 0.05) is 12.4 Å². The van der Waals surface area contributed by atoms with E-state index in [1.807, 2.05) is 5.43 Å². The average Bonchev–Trinajstić information content (AvgIpc) is 2.63. The molecule has 0 aliphatic heterocycles. The van der Waals surface area contributed by atoms with E-state index in [9.17, 15) is 14.4 Å². The number of primary amides is 1. The molecule has 9 nitrogen and oxygen atoms in total. The smallest absolute Gasteiger partial charge is 0.345 e. The van der Waals surface area contributed by atoms with E-state index in [0.717, 1.165) is 0 Å². The summed E-state index contributed by atoms with van der Waals surface area (Å²) in [6.45, 7) is 0. The summed E-state index contributed by atoms with van der Waals surface area (Å²) in [7, 11) is 1.41. The molecule has 0 aliphatic carbocycles. The number of pyridine rings is 1. The van der Waals surface area contributed by atoms with Crippen LogP contribution < -0.4 is 20.6 Å². The minimum Gasteiger partial charge on any atom is -0.493 e. The summed E-state index contributed by atoms with van der Waals surface area (Å²) >= 11 is 0. The van der Waals surface area contributed by atoms with Gasteiger partial charge in [0.2, 0.25) is 0 Å². The fraction of sp³-hybridized carbons (Fsp3) is 0.0625. The van der Waals surface area contributed by atoms with E-state index in [1.54, 1.807) is 24.4 Å². The summed E-state index contributed by atoms with van der Waals surface area (Å²) in [5, 5.41) is 3.58. The Kier molecular flexibility index (Phi) is 5.77. The van der Waals surface area contributed by atoms with Gasteiger partial charge in [0.25, 0.3) is 0 Å². The van der Waals surface area contributed by atoms with E-state index in [-0.39, 0.29) is 11.5 Å². The lowest BCUT2D eigenvalue weighted by molar-refractivity contribution is -0.137. The van der Waals surface area contributed by atoms with Gasteiger partial charge in [-0.2, -0.15) is 5.10 Å². The van der Waals surface area contributed by atoms with Crippen molar-refractivity contribution in [3.05, 3.63) is 53.9 Å². The normalized spacial score (nSPS) is 10.3. The third-order valence-electron chi connectivity index (χ3n) is 2.89. The number of methoxy groups -OCH3 is 1. The lowest BCUT2D eigenvalue weighted by Crippen LogP contribution is -2.32. The number of benzene rings is 1. The van der Waals surface area contributed by atoms with Crippen LogP contribution in [0.15, 0.2) is 47.8 Å². The molecule has 2 rings (SSSR count). The zero-order valence-corrected chi connectivity index (χ0v) is 13.1. The van der Waals surface area contributed by atoms with Crippen molar-refractivity contribution in [2.24, 2.45) is 10.8 Å². The van der Waals surface area contributed by atoms with Crippen LogP contribution in [0, 0.1) is 0 Å². The van der Waals surface area contributed by atoms with Crippen LogP contribution in [0.25, 0.3) is 0 Å². The highest BCUT2D eigenvalue weighted by molar-refractivity contribution is 6.34. The van der Waals surface area contributed by atoms with Crippen molar-refractivity contribution in [1.82, 2.24) is 10.4 Å². The fourth-order valence-corrected chi connectivity index (χ4v) is 1.71. The van der Waals surface area contributed by atoms with E-state index in [1.165, 1.54) is 31.7 Å². The molecule has 0 saturated carbocycles. The van der Waals surface area contributed by atoms with Crippen molar-refractivity contribution in [2.45, 2.75) is 0 Å². The number of nitrogens with two attached hydrogens (primary N) is 1. The Morgan fingerprint density at radius 1 is 1.24 bits per heavy atom. The Balaban J connectivity index is 2.11. The van der Waals surface area contributed by atoms with Gasteiger partial charge in [-0.1, -0.05) is 0 Å². The monoisotopic (exact) mass is 342 g/mol. The second-order valence-electron chi connectivity index (χ2n) is 4.60. The number of aromatic nitrogens is 1. The van der Waals surface area contributed by atoms with Crippen molar-refractivity contribution >= 4 is 24.0 Å². The van der Waals surface area contributed by atoms with E-state index in [2.05, 4.69) is 10.1 Å². The average molecular weight is 342 g/mol. The highest BCUT2D eigenvalue weighted by atomic mass is 16.6. The van der Waals surface area contributed by atoms with Gasteiger partial charge in [-0.15, -0.1) is 0 Å². The molecule has 0 fully saturated rings. The summed E-state index contributed by atoms with van der Waals surface area (Å²) in [4.78, 5) is 37.4. The Labute approximate surface area is 142 Å². The number of nitrogens with zero attached hydrogens (tertiary/aromatic N) is 2. The SMILES string of the molecule is COc1cc(C=NNC(=O)C(N)=O)ccc1OC(=O)c1cccnc1. The number of hydrogen-bond donors (Lipinski definition) is 2. The lowest BCUT2D eigenvalue weighted by atomic mass is 10.2. The predicted octanol–water partition coefficient (Wildman–Crippen LogP) is 0.245. The molecule has 0 saturated heterocycles. The second kappa shape index (κ2) is 8.20. The van der Waals surface area contributed by atoms with Crippen LogP contribution in [-0.2, 0) is 9.59 Å². The van der Waals surface area contributed by atoms with E-state index in [4.69, 9.17) is 15.2 Å². The lowest BCUT2D eigenvalue weighted by Gasteiger charge is -2.09. The molecule has 25 heavy (non-hydrogen) atoms. The molecule has 0 bridgehead atoms. The van der Waals surface area contributed by atoms with E-state index < -0.39 is 17.8 Å². The number of ether oxygens (including phenoxy) is 2. The summed E-state index contributed by atoms with van der Waals surface area (Å²) in [6, 6.07) is 7.81. The topological polar surface area (TPSA) is 133 Å². The standard InChI is InChI=1S/C16H14N4O5/c1-24-13-7-10(8-19-20-15(22)14(17)21)4-5-12(13)25-16(23)11-3-2-6-18-9-11/h2-9H,1H3,(H2,17,21)(H,20,22). The molecule has 1 aromatic carbocycles. The molecule has 1 heterocycles. The van der Waals surface area contributed by atoms with Crippen molar-refractivity contribution in [3.8, 4) is 11.5 Å². The number of nitrogens with one attached hydrogen (secondary N) is 1. The number of hydrazone groups is 1. The molecule has 1 aromatic heterocycles. The Hall–Kier alpha value is -3.75. The first-order chi connectivity index (χ1) is 12.0. The number of carbonyl (C=O) groups is 3. The van der Waals surface area contributed by atoms with Crippen LogP contribution in [0.4, 0.5) is 0 Å². The van der Waals surface area contributed by atoms with Crippen molar-refractivity contribution < 1.29 is 23.9 Å². The summed E-state index contributed by atoms with van der Waals surface area (Å²) in [5.74, 6) is -2.28. The zero-order valence-electron chi connectivity index (χ0n) is 13.1. The van der Waals surface area contributed by atoms with Crippen LogP contribution in [0.1, 0.15) is 15.9 Å². The van der Waals surface area contributed by atoms with E-state index >= 15 is 0 Å². The molecular formula is C16H14N4O5. The Bertz CT molecular complexity index is 821. The molecular weight excluding hydrogens is 328 g/mol. The predicted molar refractivity (Wildman–Crippen MR) is 87.1 cm³/mol. The maximum Gasteiger partial charge on any atom is 0.345 e. The van der Waals surface area contributed by atoms with Crippen molar-refractivity contribution in [3.63, 3.8) is 0 Å². The summed E-state index contributed by atoms with van der Waals surface area (Å²) in [6.07, 6.45) is 4.20. The van der Waals surface area contributed by atoms with Gasteiger partial charge in [0.15, 0.2) is 11.5 Å². The number of amides is 2. The molecule has 0 aliphatic rings. The van der Waals surface area contributed by atoms with Crippen LogP contribution >= 0.6 is 0 Å². The number of esters is 1. The third-order valence-corrected chi connectivity index (χ3v) is 2.89. The minimum atomic E-state index is -1.15. The quantitative estimate of drug-likeness (QED) is 0.263. The first-order valence-electron chi connectivity index (χ1n) is 6.94. The van der Waals surface area contributed by atoms with Crippen molar-refractivity contribution in [1.29, 1.82) is 0 Å². The number of rotatable bonds is 5. The van der Waals surface area contributed by atoms with Gasteiger partial charge >= 0.3 is 17.8 Å². The van der Waals surface area contributed by atoms with Crippen LogP contribution in [0.3, 0.4) is 0 Å². The molecule has 0 spiro atoms. The van der Waals surface area contributed by atoms with Crippen LogP contribution in [0.5, 0.6) is 11.5 Å². The van der Waals surface area contributed by atoms with Gasteiger partial charge in [-0.3, -0.25) is 14.6 Å². The van der Waals surface area contributed by atoms with Gasteiger partial charge in [-0.05, 0) is 35.9 Å². The first-order valence-corrected chi connectivity index (χ1v) is 6.94. The number of carbonyl (C=O) groups excluding carboxylic acids is 3. The Morgan fingerprint density at radius 3 is 2.68 bits per heavy atom. The molecule has 9 heteroatoms. The van der Waals surface area contributed by atoms with Gasteiger partial charge in [-0.25, -0.2) is 10.2 Å². The second-order valence-corrected chi connectivity index (χ2v) is 4.60. The minimum absolute atomic E-state index is 0.203. The fourth-order valence-electron chi connectivity index (χ4n) is 1.71. The zero-order chi connectivity index (χ0) is 18.2. The molecule has 128 valence electrons. The van der Waals surface area contributed by atoms with Gasteiger partial charge < -0.3 is 15.2 Å². The maximum atomic E-state index is 12.0. The maximum absolute atomic E-state index is 12.0. The molecule has 0 atom stereocenters. The highest BCUT2D eigenvalue weighted by Gasteiger charge is 2.13. The molecule has 0 radical (unpaired) electrons. The molecule has 2 amide bonds. The highest BCUT2D eigenvalue weighted by Crippen LogP contribution is 2.28. The molecule has 0 unspecified atom stereocenters. The van der Waals surface area contributed by atoms with E-state index in [0.29, 0.717) is 11.1 Å². The summed E-state index contributed by atoms with van der Waals surface area (Å²) in [5.41, 5.74) is 7.56. The largest absolute Gasteiger partial charge is 0.493 e. The van der Waals surface area contributed by atoms with Gasteiger partial charge in [0.1, 0.15) is 0 Å². The summed E-state index contributed by atoms with van der Waals surface area (Å²) < 4.78 is 10.4. The van der Waals surface area contributed by atoms with Crippen molar-refractivity contribution in [2.75, 3.05) is 7.11 Å². The molecule has 2 aromatic rings. The van der Waals surface area contributed by atoms with Crippen LogP contribution in [0.2, 0.25) is 0 Å². The third kappa shape index (κ3) is 4.86. The first kappa shape index (κ1) is 17.6. The Morgan fingerprint density at radius 2 is 2.04 bits per heavy atom. The van der Waals surface area contributed by atoms with Gasteiger partial charge in [0.05, 0.1) is 18.9 Å².